The highest BCUT2D eigenvalue weighted by atomic mass is 32.2. The van der Waals surface area contributed by atoms with Crippen LogP contribution in [-0.4, -0.2) is 89.5 Å². The molecule has 0 amide bonds. The average Bonchev–Trinajstić information content (AvgIpc) is 3.21. The molecule has 5 N–H and O–H groups in total. The van der Waals surface area contributed by atoms with Crippen molar-refractivity contribution in [2.24, 2.45) is 0 Å². The molecule has 1 fully saturated rings. The molecule has 0 aromatic carbocycles. The van der Waals surface area contributed by atoms with Gasteiger partial charge in [-0.2, -0.15) is 11.8 Å². The van der Waals surface area contributed by atoms with Crippen molar-refractivity contribution in [2.45, 2.75) is 37.0 Å². The van der Waals surface area contributed by atoms with Crippen LogP contribution in [-0.2, 0) is 4.74 Å². The third-order valence-corrected chi connectivity index (χ3v) is 5.03. The van der Waals surface area contributed by atoms with Gasteiger partial charge in [-0.05, 0) is 18.4 Å². The third kappa shape index (κ3) is 3.63. The molecule has 1 aliphatic heterocycles. The van der Waals surface area contributed by atoms with Crippen LogP contribution in [0.15, 0.2) is 12.7 Å². The molecular weight excluding hydrogens is 362 g/mol. The SMILES string of the molecule is CSCC[C@@H](CO)Nc1ncnc2c1ncn2[C@@H]1O[C@H](CO)[C@@H](O)[C@H]1O. The van der Waals surface area contributed by atoms with Crippen LogP contribution in [0.1, 0.15) is 12.6 Å². The number of imidazole rings is 1. The van der Waals surface area contributed by atoms with Crippen molar-refractivity contribution in [1.82, 2.24) is 19.5 Å². The fourth-order valence-corrected chi connectivity index (χ4v) is 3.44. The highest BCUT2D eigenvalue weighted by Gasteiger charge is 2.44. The van der Waals surface area contributed by atoms with E-state index in [1.807, 2.05) is 6.26 Å². The molecule has 26 heavy (non-hydrogen) atoms. The topological polar surface area (TPSA) is 146 Å². The van der Waals surface area contributed by atoms with Crippen molar-refractivity contribution >= 4 is 28.7 Å². The summed E-state index contributed by atoms with van der Waals surface area (Å²) in [5.41, 5.74) is 0.881. The summed E-state index contributed by atoms with van der Waals surface area (Å²) in [7, 11) is 0. The highest BCUT2D eigenvalue weighted by Crippen LogP contribution is 2.32. The number of thioether (sulfide) groups is 1. The van der Waals surface area contributed by atoms with Crippen LogP contribution in [0.4, 0.5) is 5.82 Å². The van der Waals surface area contributed by atoms with Gasteiger partial charge in [-0.25, -0.2) is 15.0 Å². The van der Waals surface area contributed by atoms with Crippen molar-refractivity contribution in [1.29, 1.82) is 0 Å². The molecule has 2 aromatic rings. The van der Waals surface area contributed by atoms with Crippen LogP contribution < -0.4 is 5.32 Å². The summed E-state index contributed by atoms with van der Waals surface area (Å²) in [6.07, 6.45) is 1.35. The van der Waals surface area contributed by atoms with Crippen LogP contribution in [0.2, 0.25) is 0 Å². The van der Waals surface area contributed by atoms with Gasteiger partial charge in [0.25, 0.3) is 0 Å². The Labute approximate surface area is 154 Å². The van der Waals surface area contributed by atoms with Gasteiger partial charge in [0.05, 0.1) is 25.6 Å². The molecule has 11 heteroatoms. The minimum absolute atomic E-state index is 0.0401. The highest BCUT2D eigenvalue weighted by molar-refractivity contribution is 7.98. The summed E-state index contributed by atoms with van der Waals surface area (Å²) >= 11 is 1.69. The first-order valence-electron chi connectivity index (χ1n) is 8.27. The maximum Gasteiger partial charge on any atom is 0.167 e. The van der Waals surface area contributed by atoms with Crippen LogP contribution in [0.25, 0.3) is 11.2 Å². The van der Waals surface area contributed by atoms with E-state index in [0.29, 0.717) is 17.0 Å². The van der Waals surface area contributed by atoms with Gasteiger partial charge < -0.3 is 30.5 Å². The number of anilines is 1. The Morgan fingerprint density at radius 3 is 2.73 bits per heavy atom. The fraction of sp³-hybridized carbons (Fsp3) is 0.667. The number of aliphatic hydroxyl groups is 4. The molecule has 1 aliphatic rings. The monoisotopic (exact) mass is 385 g/mol. The zero-order chi connectivity index (χ0) is 18.7. The van der Waals surface area contributed by atoms with E-state index in [2.05, 4.69) is 20.3 Å². The Hall–Kier alpha value is -1.50. The number of rotatable bonds is 8. The molecule has 0 saturated carbocycles. The van der Waals surface area contributed by atoms with Crippen LogP contribution >= 0.6 is 11.8 Å². The molecule has 0 spiro atoms. The van der Waals surface area contributed by atoms with Gasteiger partial charge in [0.2, 0.25) is 0 Å². The summed E-state index contributed by atoms with van der Waals surface area (Å²) in [6, 6.07) is -0.167. The summed E-state index contributed by atoms with van der Waals surface area (Å²) in [5, 5.41) is 42.1. The van der Waals surface area contributed by atoms with Crippen LogP contribution in [0, 0.1) is 0 Å². The Bertz CT molecular complexity index is 732. The molecule has 5 atom stereocenters. The Balaban J connectivity index is 1.87. The molecule has 3 rings (SSSR count). The second-order valence-corrected chi connectivity index (χ2v) is 7.07. The molecule has 0 unspecified atom stereocenters. The molecule has 0 bridgehead atoms. The zero-order valence-electron chi connectivity index (χ0n) is 14.3. The van der Waals surface area contributed by atoms with E-state index in [0.717, 1.165) is 12.2 Å². The van der Waals surface area contributed by atoms with E-state index in [4.69, 9.17) is 4.74 Å². The summed E-state index contributed by atoms with van der Waals surface area (Å²) in [4.78, 5) is 12.7. The van der Waals surface area contributed by atoms with Gasteiger partial charge in [0.15, 0.2) is 23.2 Å². The summed E-state index contributed by atoms with van der Waals surface area (Å²) in [6.45, 7) is -0.446. The third-order valence-electron chi connectivity index (χ3n) is 4.38. The lowest BCUT2D eigenvalue weighted by Gasteiger charge is -2.18. The maximum atomic E-state index is 10.2. The predicted molar refractivity (Wildman–Crippen MR) is 95.8 cm³/mol. The van der Waals surface area contributed by atoms with Crippen LogP contribution in [0.5, 0.6) is 0 Å². The number of fused-ring (bicyclic) bond motifs is 1. The number of aromatic nitrogens is 4. The molecule has 3 heterocycles. The quantitative estimate of drug-likeness (QED) is 0.382. The van der Waals surface area contributed by atoms with Gasteiger partial charge in [-0.15, -0.1) is 0 Å². The summed E-state index contributed by atoms with van der Waals surface area (Å²) < 4.78 is 7.03. The molecule has 1 saturated heterocycles. The molecule has 10 nitrogen and oxygen atoms in total. The molecule has 2 aromatic heterocycles. The minimum atomic E-state index is -1.22. The standard InChI is InChI=1S/C15H23N5O5S/c1-26-3-2-8(4-21)19-13-10-14(17-6-16-13)20(7-18-10)15-12(24)11(23)9(5-22)25-15/h6-9,11-12,15,21-24H,2-5H2,1H3,(H,16,17,19)/t8-,9+,11+,12+,15+/m0/s1. The number of hydrogen-bond acceptors (Lipinski definition) is 10. The number of hydrogen-bond donors (Lipinski definition) is 5. The normalized spacial score (nSPS) is 27.1. The van der Waals surface area contributed by atoms with E-state index in [-0.39, 0.29) is 12.6 Å². The van der Waals surface area contributed by atoms with Crippen molar-refractivity contribution in [3.63, 3.8) is 0 Å². The van der Waals surface area contributed by atoms with Gasteiger partial charge in [0.1, 0.15) is 24.6 Å². The Morgan fingerprint density at radius 1 is 1.27 bits per heavy atom. The minimum Gasteiger partial charge on any atom is -0.394 e. The molecule has 144 valence electrons. The Morgan fingerprint density at radius 2 is 2.08 bits per heavy atom. The molecular formula is C15H23N5O5S. The van der Waals surface area contributed by atoms with E-state index < -0.39 is 31.1 Å². The van der Waals surface area contributed by atoms with Gasteiger partial charge in [-0.3, -0.25) is 4.57 Å². The maximum absolute atomic E-state index is 10.2. The Kier molecular flexibility index (Phi) is 6.27. The van der Waals surface area contributed by atoms with Gasteiger partial charge >= 0.3 is 0 Å². The van der Waals surface area contributed by atoms with Crippen molar-refractivity contribution in [3.05, 3.63) is 12.7 Å². The number of aliphatic hydroxyl groups excluding tert-OH is 4. The smallest absolute Gasteiger partial charge is 0.167 e. The number of ether oxygens (including phenoxy) is 1. The first kappa shape index (κ1) is 19.3. The lowest BCUT2D eigenvalue weighted by molar-refractivity contribution is -0.0511. The number of nitrogens with zero attached hydrogens (tertiary/aromatic N) is 4. The largest absolute Gasteiger partial charge is 0.394 e. The van der Waals surface area contributed by atoms with Crippen LogP contribution in [0.3, 0.4) is 0 Å². The lowest BCUT2D eigenvalue weighted by atomic mass is 10.1. The first-order valence-corrected chi connectivity index (χ1v) is 9.66. The predicted octanol–water partition coefficient (Wildman–Crippen LogP) is -1.04. The van der Waals surface area contributed by atoms with E-state index >= 15 is 0 Å². The average molecular weight is 385 g/mol. The van der Waals surface area contributed by atoms with E-state index in [1.54, 1.807) is 11.8 Å². The van der Waals surface area contributed by atoms with Crippen molar-refractivity contribution in [2.75, 3.05) is 30.5 Å². The fourth-order valence-electron chi connectivity index (χ4n) is 2.92. The van der Waals surface area contributed by atoms with E-state index in [9.17, 15) is 20.4 Å². The molecule has 0 aliphatic carbocycles. The van der Waals surface area contributed by atoms with Gasteiger partial charge in [-0.1, -0.05) is 0 Å². The van der Waals surface area contributed by atoms with Crippen molar-refractivity contribution < 1.29 is 25.2 Å². The summed E-state index contributed by atoms with van der Waals surface area (Å²) in [5.74, 6) is 1.37. The lowest BCUT2D eigenvalue weighted by Crippen LogP contribution is -2.33. The van der Waals surface area contributed by atoms with E-state index in [1.165, 1.54) is 17.2 Å². The second kappa shape index (κ2) is 8.46. The van der Waals surface area contributed by atoms with Gasteiger partial charge in [0, 0.05) is 0 Å². The number of nitrogens with one attached hydrogen (secondary N) is 1. The van der Waals surface area contributed by atoms with Crippen molar-refractivity contribution in [3.8, 4) is 0 Å². The molecule has 0 radical (unpaired) electrons. The first-order chi connectivity index (χ1) is 12.6. The second-order valence-electron chi connectivity index (χ2n) is 6.08. The zero-order valence-corrected chi connectivity index (χ0v) is 15.1.